The fourth-order valence-corrected chi connectivity index (χ4v) is 3.38. The number of hydrogen-bond donors (Lipinski definition) is 2. The topological polar surface area (TPSA) is 98.5 Å². The van der Waals surface area contributed by atoms with Crippen LogP contribution >= 0.6 is 0 Å². The third kappa shape index (κ3) is 3.78. The van der Waals surface area contributed by atoms with Gasteiger partial charge in [0, 0.05) is 11.7 Å². The van der Waals surface area contributed by atoms with E-state index < -0.39 is 16.0 Å². The molecule has 2 unspecified atom stereocenters. The zero-order valence-corrected chi connectivity index (χ0v) is 13.7. The number of carbonyl (C=O) groups excluding carboxylic acids is 1. The third-order valence-corrected chi connectivity index (χ3v) is 5.09. The average molecular weight is 326 g/mol. The van der Waals surface area contributed by atoms with Gasteiger partial charge in [0.15, 0.2) is 0 Å². The molecule has 0 radical (unpaired) electrons. The standard InChI is InChI=1S/C15H22N2O4S/c1-10-5-3-4-6-13(10)17-14-8-7-11(22(16,19)20)9-12(14)15(18)21-2/h7-10,13,17H,3-6H2,1-2H3,(H2,16,19,20). The van der Waals surface area contributed by atoms with Crippen molar-refractivity contribution in [1.29, 1.82) is 0 Å². The van der Waals surface area contributed by atoms with Crippen molar-refractivity contribution < 1.29 is 17.9 Å². The van der Waals surface area contributed by atoms with Crippen molar-refractivity contribution in [2.24, 2.45) is 11.1 Å². The number of nitrogens with one attached hydrogen (secondary N) is 1. The molecule has 1 fully saturated rings. The lowest BCUT2D eigenvalue weighted by Crippen LogP contribution is -2.31. The van der Waals surface area contributed by atoms with Gasteiger partial charge in [0.05, 0.1) is 17.6 Å². The number of benzene rings is 1. The highest BCUT2D eigenvalue weighted by atomic mass is 32.2. The highest BCUT2D eigenvalue weighted by molar-refractivity contribution is 7.89. The molecule has 0 aliphatic heterocycles. The van der Waals surface area contributed by atoms with Gasteiger partial charge in [0.1, 0.15) is 0 Å². The molecule has 7 heteroatoms. The van der Waals surface area contributed by atoms with E-state index in [1.54, 1.807) is 6.07 Å². The second-order valence-electron chi connectivity index (χ2n) is 5.76. The maximum absolute atomic E-state index is 11.9. The van der Waals surface area contributed by atoms with Gasteiger partial charge in [0.2, 0.25) is 10.0 Å². The van der Waals surface area contributed by atoms with Gasteiger partial charge in [-0.15, -0.1) is 0 Å². The van der Waals surface area contributed by atoms with Crippen LogP contribution in [0.1, 0.15) is 43.0 Å². The normalized spacial score (nSPS) is 22.1. The third-order valence-electron chi connectivity index (χ3n) is 4.18. The maximum Gasteiger partial charge on any atom is 0.340 e. The van der Waals surface area contributed by atoms with E-state index in [2.05, 4.69) is 12.2 Å². The molecule has 0 amide bonds. The predicted molar refractivity (Wildman–Crippen MR) is 84.2 cm³/mol. The first kappa shape index (κ1) is 16.8. The van der Waals surface area contributed by atoms with E-state index in [-0.39, 0.29) is 16.5 Å². The van der Waals surface area contributed by atoms with E-state index in [9.17, 15) is 13.2 Å². The number of primary sulfonamides is 1. The first-order chi connectivity index (χ1) is 10.3. The molecule has 0 saturated heterocycles. The molecule has 2 rings (SSSR count). The van der Waals surface area contributed by atoms with Gasteiger partial charge in [-0.1, -0.05) is 19.8 Å². The first-order valence-electron chi connectivity index (χ1n) is 7.34. The molecule has 122 valence electrons. The summed E-state index contributed by atoms with van der Waals surface area (Å²) in [7, 11) is -2.60. The summed E-state index contributed by atoms with van der Waals surface area (Å²) in [6.45, 7) is 2.17. The molecule has 1 aromatic rings. The molecule has 0 heterocycles. The van der Waals surface area contributed by atoms with Gasteiger partial charge in [-0.05, 0) is 37.0 Å². The number of nitrogens with two attached hydrogens (primary N) is 1. The monoisotopic (exact) mass is 326 g/mol. The summed E-state index contributed by atoms with van der Waals surface area (Å²) in [5.41, 5.74) is 0.768. The van der Waals surface area contributed by atoms with E-state index in [4.69, 9.17) is 9.88 Å². The molecular formula is C15H22N2O4S. The Hall–Kier alpha value is -1.60. The van der Waals surface area contributed by atoms with Gasteiger partial charge in [-0.3, -0.25) is 0 Å². The highest BCUT2D eigenvalue weighted by Gasteiger charge is 2.24. The molecule has 1 aliphatic carbocycles. The molecule has 1 aliphatic rings. The Kier molecular flexibility index (Phi) is 5.08. The number of rotatable bonds is 4. The molecular weight excluding hydrogens is 304 g/mol. The quantitative estimate of drug-likeness (QED) is 0.826. The fourth-order valence-electron chi connectivity index (χ4n) is 2.84. The van der Waals surface area contributed by atoms with E-state index in [0.29, 0.717) is 11.6 Å². The SMILES string of the molecule is COC(=O)c1cc(S(N)(=O)=O)ccc1NC1CCCCC1C. The highest BCUT2D eigenvalue weighted by Crippen LogP contribution is 2.29. The fraction of sp³-hybridized carbons (Fsp3) is 0.533. The predicted octanol–water partition coefficient (Wildman–Crippen LogP) is 2.11. The molecule has 22 heavy (non-hydrogen) atoms. The van der Waals surface area contributed by atoms with Gasteiger partial charge >= 0.3 is 5.97 Å². The summed E-state index contributed by atoms with van der Waals surface area (Å²) >= 11 is 0. The second-order valence-corrected chi connectivity index (χ2v) is 7.32. The van der Waals surface area contributed by atoms with Crippen molar-refractivity contribution in [3.63, 3.8) is 0 Å². The van der Waals surface area contributed by atoms with E-state index in [1.165, 1.54) is 25.7 Å². The van der Waals surface area contributed by atoms with Crippen molar-refractivity contribution >= 4 is 21.7 Å². The van der Waals surface area contributed by atoms with Crippen LogP contribution < -0.4 is 10.5 Å². The Morgan fingerprint density at radius 2 is 2.00 bits per heavy atom. The van der Waals surface area contributed by atoms with Crippen molar-refractivity contribution in [2.45, 2.75) is 43.5 Å². The summed E-state index contributed by atoms with van der Waals surface area (Å²) < 4.78 is 27.7. The summed E-state index contributed by atoms with van der Waals surface area (Å²) in [5.74, 6) is -0.0892. The van der Waals surface area contributed by atoms with Crippen molar-refractivity contribution in [1.82, 2.24) is 0 Å². The van der Waals surface area contributed by atoms with Crippen molar-refractivity contribution in [3.8, 4) is 0 Å². The lowest BCUT2D eigenvalue weighted by Gasteiger charge is -2.31. The zero-order chi connectivity index (χ0) is 16.3. The van der Waals surface area contributed by atoms with Gasteiger partial charge in [0.25, 0.3) is 0 Å². The minimum atomic E-state index is -3.86. The Morgan fingerprint density at radius 3 is 2.59 bits per heavy atom. The van der Waals surface area contributed by atoms with Crippen LogP contribution in [0.4, 0.5) is 5.69 Å². The maximum atomic E-state index is 11.9. The van der Waals surface area contributed by atoms with Crippen LogP contribution in [-0.2, 0) is 14.8 Å². The molecule has 1 aromatic carbocycles. The summed E-state index contributed by atoms with van der Waals surface area (Å²) in [6.07, 6.45) is 4.53. The summed E-state index contributed by atoms with van der Waals surface area (Å²) in [4.78, 5) is 11.8. The van der Waals surface area contributed by atoms with Crippen LogP contribution in [0.5, 0.6) is 0 Å². The largest absolute Gasteiger partial charge is 0.465 e. The molecule has 1 saturated carbocycles. The van der Waals surface area contributed by atoms with Crippen LogP contribution in [0, 0.1) is 5.92 Å². The van der Waals surface area contributed by atoms with E-state index >= 15 is 0 Å². The van der Waals surface area contributed by atoms with Crippen LogP contribution in [-0.4, -0.2) is 27.5 Å². The van der Waals surface area contributed by atoms with Crippen molar-refractivity contribution in [2.75, 3.05) is 12.4 Å². The van der Waals surface area contributed by atoms with Gasteiger partial charge in [-0.25, -0.2) is 18.4 Å². The minimum Gasteiger partial charge on any atom is -0.465 e. The Labute approximate surface area is 131 Å². The van der Waals surface area contributed by atoms with Crippen LogP contribution in [0.3, 0.4) is 0 Å². The van der Waals surface area contributed by atoms with Crippen LogP contribution in [0.25, 0.3) is 0 Å². The zero-order valence-electron chi connectivity index (χ0n) is 12.8. The summed E-state index contributed by atoms with van der Waals surface area (Å²) in [6, 6.07) is 4.50. The Balaban J connectivity index is 2.35. The number of esters is 1. The van der Waals surface area contributed by atoms with E-state index in [1.807, 2.05) is 0 Å². The summed E-state index contributed by atoms with van der Waals surface area (Å²) in [5, 5.41) is 8.48. The minimum absolute atomic E-state index is 0.102. The second kappa shape index (κ2) is 6.66. The molecule has 0 spiro atoms. The number of anilines is 1. The molecule has 3 N–H and O–H groups in total. The number of hydrogen-bond acceptors (Lipinski definition) is 5. The molecule has 6 nitrogen and oxygen atoms in total. The lowest BCUT2D eigenvalue weighted by atomic mass is 9.85. The van der Waals surface area contributed by atoms with Crippen LogP contribution in [0.15, 0.2) is 23.1 Å². The Morgan fingerprint density at radius 1 is 1.32 bits per heavy atom. The average Bonchev–Trinajstić information content (AvgIpc) is 2.48. The Bertz CT molecular complexity index is 658. The van der Waals surface area contributed by atoms with Crippen molar-refractivity contribution in [3.05, 3.63) is 23.8 Å². The lowest BCUT2D eigenvalue weighted by molar-refractivity contribution is 0.0601. The number of ether oxygens (including phenoxy) is 1. The number of sulfonamides is 1. The smallest absolute Gasteiger partial charge is 0.340 e. The van der Waals surface area contributed by atoms with Gasteiger partial charge in [-0.2, -0.15) is 0 Å². The van der Waals surface area contributed by atoms with Crippen LogP contribution in [0.2, 0.25) is 0 Å². The molecule has 2 atom stereocenters. The van der Waals surface area contributed by atoms with Gasteiger partial charge < -0.3 is 10.1 Å². The number of methoxy groups -OCH3 is 1. The van der Waals surface area contributed by atoms with E-state index in [0.717, 1.165) is 19.3 Å². The molecule has 0 aromatic heterocycles. The molecule has 0 bridgehead atoms. The first-order valence-corrected chi connectivity index (χ1v) is 8.89. The number of carbonyl (C=O) groups is 1.